The zero-order valence-corrected chi connectivity index (χ0v) is 10.4. The Balaban J connectivity index is 1.68. The molecule has 1 amide bonds. The molecule has 1 N–H and O–H groups in total. The van der Waals surface area contributed by atoms with Gasteiger partial charge in [0.2, 0.25) is 5.91 Å². The fourth-order valence-electron chi connectivity index (χ4n) is 2.65. The molecule has 0 aromatic heterocycles. The molecular formula is C13H24N2O. The van der Waals surface area contributed by atoms with Crippen LogP contribution in [0.15, 0.2) is 0 Å². The molecule has 0 radical (unpaired) electrons. The molecule has 3 heteroatoms. The summed E-state index contributed by atoms with van der Waals surface area (Å²) in [5.74, 6) is 1.78. The van der Waals surface area contributed by atoms with Crippen molar-refractivity contribution in [2.75, 3.05) is 26.7 Å². The molecule has 92 valence electrons. The van der Waals surface area contributed by atoms with E-state index in [-0.39, 0.29) is 0 Å². The lowest BCUT2D eigenvalue weighted by atomic mass is 9.82. The summed E-state index contributed by atoms with van der Waals surface area (Å²) in [6, 6.07) is 0. The number of rotatable bonds is 4. The lowest BCUT2D eigenvalue weighted by Crippen LogP contribution is -2.38. The van der Waals surface area contributed by atoms with Gasteiger partial charge < -0.3 is 10.2 Å². The van der Waals surface area contributed by atoms with Crippen molar-refractivity contribution in [1.82, 2.24) is 10.2 Å². The summed E-state index contributed by atoms with van der Waals surface area (Å²) in [5, 5.41) is 3.36. The minimum absolute atomic E-state index is 0.364. The maximum absolute atomic E-state index is 11.9. The van der Waals surface area contributed by atoms with Crippen LogP contribution in [0.4, 0.5) is 0 Å². The first-order valence-corrected chi connectivity index (χ1v) is 6.70. The first-order valence-electron chi connectivity index (χ1n) is 6.70. The van der Waals surface area contributed by atoms with Crippen LogP contribution in [0.25, 0.3) is 0 Å². The molecule has 2 rings (SSSR count). The molecule has 1 aliphatic heterocycles. The van der Waals surface area contributed by atoms with Crippen LogP contribution in [0, 0.1) is 11.8 Å². The number of amides is 1. The van der Waals surface area contributed by atoms with E-state index in [1.165, 1.54) is 32.1 Å². The fourth-order valence-corrected chi connectivity index (χ4v) is 2.65. The van der Waals surface area contributed by atoms with Crippen LogP contribution < -0.4 is 5.32 Å². The van der Waals surface area contributed by atoms with Crippen LogP contribution >= 0.6 is 0 Å². The number of carbonyl (C=O) groups is 1. The second-order valence-corrected chi connectivity index (χ2v) is 5.47. The average molecular weight is 224 g/mol. The van der Waals surface area contributed by atoms with Gasteiger partial charge in [-0.2, -0.15) is 0 Å². The van der Waals surface area contributed by atoms with Crippen molar-refractivity contribution >= 4 is 5.91 Å². The number of nitrogens with zero attached hydrogens (tertiary/aromatic N) is 1. The van der Waals surface area contributed by atoms with E-state index in [1.54, 1.807) is 0 Å². The Hall–Kier alpha value is -0.570. The molecule has 1 heterocycles. The molecule has 3 nitrogen and oxygen atoms in total. The van der Waals surface area contributed by atoms with Crippen LogP contribution in [0.1, 0.15) is 38.5 Å². The van der Waals surface area contributed by atoms with Gasteiger partial charge in [-0.1, -0.05) is 6.42 Å². The first kappa shape index (κ1) is 11.9. The number of hydrogen-bond acceptors (Lipinski definition) is 2. The van der Waals surface area contributed by atoms with Crippen molar-refractivity contribution in [3.05, 3.63) is 0 Å². The van der Waals surface area contributed by atoms with Crippen LogP contribution in [0.2, 0.25) is 0 Å². The summed E-state index contributed by atoms with van der Waals surface area (Å²) in [5.41, 5.74) is 0. The van der Waals surface area contributed by atoms with Crippen molar-refractivity contribution < 1.29 is 4.79 Å². The predicted molar refractivity (Wildman–Crippen MR) is 65.2 cm³/mol. The van der Waals surface area contributed by atoms with Gasteiger partial charge in [0, 0.05) is 20.0 Å². The van der Waals surface area contributed by atoms with Crippen molar-refractivity contribution in [1.29, 1.82) is 0 Å². The van der Waals surface area contributed by atoms with Gasteiger partial charge in [-0.3, -0.25) is 4.79 Å². The number of piperidine rings is 1. The lowest BCUT2D eigenvalue weighted by molar-refractivity contribution is -0.132. The zero-order valence-electron chi connectivity index (χ0n) is 10.4. The largest absolute Gasteiger partial charge is 0.345 e. The summed E-state index contributed by atoms with van der Waals surface area (Å²) >= 11 is 0. The Morgan fingerprint density at radius 3 is 2.44 bits per heavy atom. The first-order chi connectivity index (χ1) is 7.75. The van der Waals surface area contributed by atoms with Crippen LogP contribution in [-0.2, 0) is 4.79 Å². The zero-order chi connectivity index (χ0) is 11.4. The molecule has 0 atom stereocenters. The topological polar surface area (TPSA) is 32.3 Å². The van der Waals surface area contributed by atoms with E-state index in [2.05, 4.69) is 5.32 Å². The summed E-state index contributed by atoms with van der Waals surface area (Å²) in [4.78, 5) is 13.9. The Morgan fingerprint density at radius 2 is 1.88 bits per heavy atom. The maximum Gasteiger partial charge on any atom is 0.222 e. The van der Waals surface area contributed by atoms with Crippen LogP contribution in [0.3, 0.4) is 0 Å². The van der Waals surface area contributed by atoms with Crippen molar-refractivity contribution in [2.45, 2.75) is 38.5 Å². The molecule has 2 aliphatic rings. The van der Waals surface area contributed by atoms with Gasteiger partial charge in [-0.25, -0.2) is 0 Å². The summed E-state index contributed by atoms with van der Waals surface area (Å²) < 4.78 is 0. The molecule has 2 fully saturated rings. The van der Waals surface area contributed by atoms with Gasteiger partial charge in [0.05, 0.1) is 0 Å². The molecule has 0 spiro atoms. The number of nitrogens with one attached hydrogen (secondary N) is 1. The Labute approximate surface area is 98.6 Å². The van der Waals surface area contributed by atoms with Gasteiger partial charge in [0.1, 0.15) is 0 Å². The number of hydrogen-bond donors (Lipinski definition) is 1. The fraction of sp³-hybridized carbons (Fsp3) is 0.923. The van der Waals surface area contributed by atoms with Gasteiger partial charge in [-0.15, -0.1) is 0 Å². The SMILES string of the molecule is CN(CC1CCNCC1)C(=O)CC1CCC1. The summed E-state index contributed by atoms with van der Waals surface area (Å²) in [7, 11) is 1.98. The second kappa shape index (κ2) is 5.67. The van der Waals surface area contributed by atoms with Gasteiger partial charge in [0.15, 0.2) is 0 Å². The summed E-state index contributed by atoms with van der Waals surface area (Å²) in [6.07, 6.45) is 7.11. The second-order valence-electron chi connectivity index (χ2n) is 5.47. The van der Waals surface area contributed by atoms with Gasteiger partial charge in [-0.05, 0) is 50.6 Å². The molecule has 1 saturated carbocycles. The molecular weight excluding hydrogens is 200 g/mol. The third-order valence-corrected chi connectivity index (χ3v) is 4.10. The third kappa shape index (κ3) is 3.21. The highest BCUT2D eigenvalue weighted by molar-refractivity contribution is 5.76. The quantitative estimate of drug-likeness (QED) is 0.787. The van der Waals surface area contributed by atoms with Crippen LogP contribution in [-0.4, -0.2) is 37.5 Å². The van der Waals surface area contributed by atoms with Crippen LogP contribution in [0.5, 0.6) is 0 Å². The highest BCUT2D eigenvalue weighted by Crippen LogP contribution is 2.29. The Bertz CT molecular complexity index is 232. The molecule has 16 heavy (non-hydrogen) atoms. The van der Waals surface area contributed by atoms with E-state index in [1.807, 2.05) is 11.9 Å². The molecule has 0 unspecified atom stereocenters. The smallest absolute Gasteiger partial charge is 0.222 e. The Morgan fingerprint density at radius 1 is 1.19 bits per heavy atom. The van der Waals surface area contributed by atoms with E-state index in [0.717, 1.165) is 32.0 Å². The van der Waals surface area contributed by atoms with E-state index in [0.29, 0.717) is 11.8 Å². The van der Waals surface area contributed by atoms with Crippen molar-refractivity contribution in [3.63, 3.8) is 0 Å². The Kier molecular flexibility index (Phi) is 4.22. The highest BCUT2D eigenvalue weighted by atomic mass is 16.2. The maximum atomic E-state index is 11.9. The molecule has 1 aliphatic carbocycles. The van der Waals surface area contributed by atoms with Gasteiger partial charge in [0.25, 0.3) is 0 Å². The molecule has 0 aromatic carbocycles. The van der Waals surface area contributed by atoms with Gasteiger partial charge >= 0.3 is 0 Å². The third-order valence-electron chi connectivity index (χ3n) is 4.10. The molecule has 0 bridgehead atoms. The number of carbonyl (C=O) groups excluding carboxylic acids is 1. The summed E-state index contributed by atoms with van der Waals surface area (Å²) in [6.45, 7) is 3.21. The predicted octanol–water partition coefficient (Wildman–Crippen LogP) is 1.63. The van der Waals surface area contributed by atoms with E-state index < -0.39 is 0 Å². The van der Waals surface area contributed by atoms with Crippen molar-refractivity contribution in [2.24, 2.45) is 11.8 Å². The minimum atomic E-state index is 0.364. The lowest BCUT2D eigenvalue weighted by Gasteiger charge is -2.30. The normalized spacial score (nSPS) is 22.8. The minimum Gasteiger partial charge on any atom is -0.345 e. The van der Waals surface area contributed by atoms with E-state index in [4.69, 9.17) is 0 Å². The average Bonchev–Trinajstić information content (AvgIpc) is 2.24. The molecule has 1 saturated heterocycles. The highest BCUT2D eigenvalue weighted by Gasteiger charge is 2.24. The monoisotopic (exact) mass is 224 g/mol. The molecule has 0 aromatic rings. The van der Waals surface area contributed by atoms with E-state index >= 15 is 0 Å². The standard InChI is InChI=1S/C13H24N2O/c1-15(10-12-5-7-14-8-6-12)13(16)9-11-3-2-4-11/h11-12,14H,2-10H2,1H3. The van der Waals surface area contributed by atoms with Crippen molar-refractivity contribution in [3.8, 4) is 0 Å². The van der Waals surface area contributed by atoms with E-state index in [9.17, 15) is 4.79 Å².